The second-order valence-electron chi connectivity index (χ2n) is 6.92. The first kappa shape index (κ1) is 16.1. The van der Waals surface area contributed by atoms with Crippen molar-refractivity contribution in [2.24, 2.45) is 0 Å². The number of nitrogens with one attached hydrogen (secondary N) is 1. The van der Waals surface area contributed by atoms with Crippen LogP contribution in [-0.4, -0.2) is 10.5 Å². The van der Waals surface area contributed by atoms with Gasteiger partial charge in [0.1, 0.15) is 0 Å². The zero-order valence-electron chi connectivity index (χ0n) is 14.3. The van der Waals surface area contributed by atoms with E-state index in [2.05, 4.69) is 38.2 Å². The predicted molar refractivity (Wildman–Crippen MR) is 98.9 cm³/mol. The minimum Gasteiger partial charge on any atom is -0.324 e. The molecule has 0 saturated carbocycles. The molecule has 3 nitrogen and oxygen atoms in total. The van der Waals surface area contributed by atoms with E-state index < -0.39 is 0 Å². The molecule has 0 unspecified atom stereocenters. The molecule has 0 aliphatic carbocycles. The molecule has 3 heteroatoms. The molecular weight excluding hydrogens is 296 g/mol. The van der Waals surface area contributed by atoms with Crippen molar-refractivity contribution in [3.8, 4) is 5.69 Å². The average Bonchev–Trinajstić information content (AvgIpc) is 3.09. The van der Waals surface area contributed by atoms with E-state index in [-0.39, 0.29) is 11.3 Å². The number of hydrogen-bond acceptors (Lipinski definition) is 1. The smallest absolute Gasteiger partial charge is 0.255 e. The number of amides is 1. The summed E-state index contributed by atoms with van der Waals surface area (Å²) in [6.07, 6.45) is 3.96. The lowest BCUT2D eigenvalue weighted by atomic mass is 9.87. The van der Waals surface area contributed by atoms with E-state index in [1.807, 2.05) is 65.5 Å². The summed E-state index contributed by atoms with van der Waals surface area (Å²) in [6.45, 7) is 6.52. The first-order chi connectivity index (χ1) is 11.4. The normalized spacial score (nSPS) is 11.3. The lowest BCUT2D eigenvalue weighted by Gasteiger charge is -2.19. The van der Waals surface area contributed by atoms with Crippen LogP contribution in [0.2, 0.25) is 0 Å². The van der Waals surface area contributed by atoms with Crippen molar-refractivity contribution in [1.82, 2.24) is 4.57 Å². The minimum absolute atomic E-state index is 0.0995. The van der Waals surface area contributed by atoms with Crippen LogP contribution in [0.15, 0.2) is 73.1 Å². The standard InChI is InChI=1S/C21H22N2O/c1-21(2,3)17-8-10-18(11-9-17)22-20(24)16-6-12-19(13-7-16)23-14-4-5-15-23/h4-15H,1-3H3,(H,22,24). The van der Waals surface area contributed by atoms with Gasteiger partial charge in [0.15, 0.2) is 0 Å². The molecule has 1 heterocycles. The quantitative estimate of drug-likeness (QED) is 0.722. The molecule has 3 rings (SSSR count). The number of carbonyl (C=O) groups is 1. The molecule has 0 fully saturated rings. The maximum atomic E-state index is 12.4. The summed E-state index contributed by atoms with van der Waals surface area (Å²) >= 11 is 0. The highest BCUT2D eigenvalue weighted by Gasteiger charge is 2.13. The Labute approximate surface area is 143 Å². The minimum atomic E-state index is -0.0995. The fourth-order valence-electron chi connectivity index (χ4n) is 2.55. The predicted octanol–water partition coefficient (Wildman–Crippen LogP) is 5.03. The van der Waals surface area contributed by atoms with Gasteiger partial charge in [0.05, 0.1) is 0 Å². The Morgan fingerprint density at radius 2 is 1.46 bits per heavy atom. The molecule has 3 aromatic rings. The summed E-state index contributed by atoms with van der Waals surface area (Å²) in [5.41, 5.74) is 3.84. The van der Waals surface area contributed by atoms with E-state index in [9.17, 15) is 4.79 Å². The molecular formula is C21H22N2O. The zero-order valence-corrected chi connectivity index (χ0v) is 14.3. The summed E-state index contributed by atoms with van der Waals surface area (Å²) in [5, 5.41) is 2.95. The number of carbonyl (C=O) groups excluding carboxylic acids is 1. The summed E-state index contributed by atoms with van der Waals surface area (Å²) in [7, 11) is 0. The third-order valence-corrected chi connectivity index (χ3v) is 4.04. The number of rotatable bonds is 3. The number of anilines is 1. The lowest BCUT2D eigenvalue weighted by molar-refractivity contribution is 0.102. The molecule has 0 saturated heterocycles. The van der Waals surface area contributed by atoms with Crippen molar-refractivity contribution in [3.05, 3.63) is 84.2 Å². The van der Waals surface area contributed by atoms with Crippen LogP contribution in [0, 0.1) is 0 Å². The van der Waals surface area contributed by atoms with Gasteiger partial charge < -0.3 is 9.88 Å². The SMILES string of the molecule is CC(C)(C)c1ccc(NC(=O)c2ccc(-n3cccc3)cc2)cc1. The summed E-state index contributed by atoms with van der Waals surface area (Å²) in [5.74, 6) is -0.0995. The van der Waals surface area contributed by atoms with Crippen molar-refractivity contribution in [1.29, 1.82) is 0 Å². The van der Waals surface area contributed by atoms with E-state index in [1.165, 1.54) is 5.56 Å². The summed E-state index contributed by atoms with van der Waals surface area (Å²) in [4.78, 5) is 12.4. The van der Waals surface area contributed by atoms with Crippen molar-refractivity contribution < 1.29 is 4.79 Å². The van der Waals surface area contributed by atoms with Crippen LogP contribution in [0.3, 0.4) is 0 Å². The highest BCUT2D eigenvalue weighted by Crippen LogP contribution is 2.23. The van der Waals surface area contributed by atoms with Gasteiger partial charge in [-0.25, -0.2) is 0 Å². The molecule has 24 heavy (non-hydrogen) atoms. The number of nitrogens with zero attached hydrogens (tertiary/aromatic N) is 1. The molecule has 1 amide bonds. The fourth-order valence-corrected chi connectivity index (χ4v) is 2.55. The largest absolute Gasteiger partial charge is 0.324 e. The molecule has 0 bridgehead atoms. The van der Waals surface area contributed by atoms with Gasteiger partial charge >= 0.3 is 0 Å². The van der Waals surface area contributed by atoms with Crippen molar-refractivity contribution in [3.63, 3.8) is 0 Å². The maximum Gasteiger partial charge on any atom is 0.255 e. The molecule has 0 aliphatic rings. The molecule has 1 aromatic heterocycles. The fraction of sp³-hybridized carbons (Fsp3) is 0.190. The second-order valence-corrected chi connectivity index (χ2v) is 6.92. The molecule has 122 valence electrons. The van der Waals surface area contributed by atoms with E-state index >= 15 is 0 Å². The van der Waals surface area contributed by atoms with Gasteiger partial charge in [0, 0.05) is 29.3 Å². The lowest BCUT2D eigenvalue weighted by Crippen LogP contribution is -2.13. The number of hydrogen-bond donors (Lipinski definition) is 1. The Bertz CT molecular complexity index is 808. The highest BCUT2D eigenvalue weighted by atomic mass is 16.1. The Morgan fingerprint density at radius 3 is 2.00 bits per heavy atom. The van der Waals surface area contributed by atoms with Crippen LogP contribution in [0.25, 0.3) is 5.69 Å². The molecule has 0 atom stereocenters. The maximum absolute atomic E-state index is 12.4. The van der Waals surface area contributed by atoms with E-state index in [1.54, 1.807) is 0 Å². The van der Waals surface area contributed by atoms with Crippen molar-refractivity contribution in [2.75, 3.05) is 5.32 Å². The van der Waals surface area contributed by atoms with Gasteiger partial charge in [0.25, 0.3) is 5.91 Å². The topological polar surface area (TPSA) is 34.0 Å². The second kappa shape index (κ2) is 6.36. The van der Waals surface area contributed by atoms with Gasteiger partial charge in [-0.15, -0.1) is 0 Å². The van der Waals surface area contributed by atoms with Crippen LogP contribution in [0.1, 0.15) is 36.7 Å². The van der Waals surface area contributed by atoms with E-state index in [0.717, 1.165) is 11.4 Å². The summed E-state index contributed by atoms with van der Waals surface area (Å²) < 4.78 is 2.01. The van der Waals surface area contributed by atoms with Crippen LogP contribution >= 0.6 is 0 Å². The van der Waals surface area contributed by atoms with Crippen LogP contribution in [0.5, 0.6) is 0 Å². The Morgan fingerprint density at radius 1 is 0.875 bits per heavy atom. The molecule has 0 spiro atoms. The zero-order chi connectivity index (χ0) is 17.2. The van der Waals surface area contributed by atoms with Gasteiger partial charge in [0.2, 0.25) is 0 Å². The monoisotopic (exact) mass is 318 g/mol. The first-order valence-electron chi connectivity index (χ1n) is 8.09. The first-order valence-corrected chi connectivity index (χ1v) is 8.09. The Balaban J connectivity index is 1.71. The Kier molecular flexibility index (Phi) is 4.26. The van der Waals surface area contributed by atoms with Crippen LogP contribution < -0.4 is 5.32 Å². The van der Waals surface area contributed by atoms with Crippen LogP contribution in [0.4, 0.5) is 5.69 Å². The number of aromatic nitrogens is 1. The highest BCUT2D eigenvalue weighted by molar-refractivity contribution is 6.04. The van der Waals surface area contributed by atoms with Gasteiger partial charge in [-0.3, -0.25) is 4.79 Å². The van der Waals surface area contributed by atoms with Crippen molar-refractivity contribution in [2.45, 2.75) is 26.2 Å². The molecule has 0 aliphatic heterocycles. The molecule has 1 N–H and O–H groups in total. The molecule has 0 radical (unpaired) electrons. The van der Waals surface area contributed by atoms with Gasteiger partial charge in [-0.05, 0) is 59.5 Å². The summed E-state index contributed by atoms with van der Waals surface area (Å²) in [6, 6.07) is 19.5. The van der Waals surface area contributed by atoms with Gasteiger partial charge in [-0.1, -0.05) is 32.9 Å². The Hall–Kier alpha value is -2.81. The van der Waals surface area contributed by atoms with E-state index in [0.29, 0.717) is 5.56 Å². The van der Waals surface area contributed by atoms with Crippen molar-refractivity contribution >= 4 is 11.6 Å². The third kappa shape index (κ3) is 3.57. The van der Waals surface area contributed by atoms with E-state index in [4.69, 9.17) is 0 Å². The third-order valence-electron chi connectivity index (χ3n) is 4.04. The van der Waals surface area contributed by atoms with Gasteiger partial charge in [-0.2, -0.15) is 0 Å². The number of benzene rings is 2. The molecule has 2 aromatic carbocycles. The average molecular weight is 318 g/mol. The van der Waals surface area contributed by atoms with Crippen LogP contribution in [-0.2, 0) is 5.41 Å².